The van der Waals surface area contributed by atoms with Crippen molar-refractivity contribution in [3.05, 3.63) is 103 Å². The second-order valence-electron chi connectivity index (χ2n) is 4.93. The molecule has 0 aliphatic heterocycles. The van der Waals surface area contributed by atoms with Crippen molar-refractivity contribution in [2.75, 3.05) is 0 Å². The fourth-order valence-electron chi connectivity index (χ4n) is 2.61. The van der Waals surface area contributed by atoms with E-state index in [1.54, 1.807) is 0 Å². The van der Waals surface area contributed by atoms with E-state index < -0.39 is 0 Å². The monoisotopic (exact) mass is 271 g/mol. The molecule has 0 N–H and O–H groups in total. The van der Waals surface area contributed by atoms with Gasteiger partial charge in [-0.05, 0) is 17.2 Å². The van der Waals surface area contributed by atoms with Crippen LogP contribution in [-0.2, 0) is 0 Å². The SMILES string of the molecule is C=C[C@H](c1ccccc1)c1cccnc1-c1ccccc1. The predicted molar refractivity (Wildman–Crippen MR) is 88.2 cm³/mol. The van der Waals surface area contributed by atoms with E-state index in [4.69, 9.17) is 0 Å². The van der Waals surface area contributed by atoms with Crippen molar-refractivity contribution in [3.63, 3.8) is 0 Å². The summed E-state index contributed by atoms with van der Waals surface area (Å²) in [4.78, 5) is 4.60. The molecule has 0 radical (unpaired) electrons. The van der Waals surface area contributed by atoms with Gasteiger partial charge in [0.2, 0.25) is 0 Å². The van der Waals surface area contributed by atoms with Gasteiger partial charge in [0, 0.05) is 17.7 Å². The van der Waals surface area contributed by atoms with Crippen molar-refractivity contribution in [1.29, 1.82) is 0 Å². The van der Waals surface area contributed by atoms with E-state index in [1.165, 1.54) is 11.1 Å². The van der Waals surface area contributed by atoms with Crippen LogP contribution in [0, 0.1) is 0 Å². The summed E-state index contributed by atoms with van der Waals surface area (Å²) in [6, 6.07) is 24.8. The van der Waals surface area contributed by atoms with E-state index in [9.17, 15) is 0 Å². The Morgan fingerprint density at radius 1 is 0.810 bits per heavy atom. The normalized spacial score (nSPS) is 11.8. The number of benzene rings is 2. The second-order valence-corrected chi connectivity index (χ2v) is 4.93. The fourth-order valence-corrected chi connectivity index (χ4v) is 2.61. The minimum atomic E-state index is 0.148. The minimum Gasteiger partial charge on any atom is -0.256 e. The Morgan fingerprint density at radius 2 is 1.48 bits per heavy atom. The summed E-state index contributed by atoms with van der Waals surface area (Å²) in [7, 11) is 0. The zero-order valence-corrected chi connectivity index (χ0v) is 11.8. The number of nitrogens with zero attached hydrogens (tertiary/aromatic N) is 1. The maximum atomic E-state index is 4.60. The summed E-state index contributed by atoms with van der Waals surface area (Å²) >= 11 is 0. The summed E-state index contributed by atoms with van der Waals surface area (Å²) in [5.74, 6) is 0.148. The largest absolute Gasteiger partial charge is 0.256 e. The Kier molecular flexibility index (Phi) is 3.92. The summed E-state index contributed by atoms with van der Waals surface area (Å²) in [6.07, 6.45) is 3.83. The molecule has 1 heterocycles. The van der Waals surface area contributed by atoms with Crippen LogP contribution < -0.4 is 0 Å². The standard InChI is InChI=1S/C20H17N/c1-2-18(16-10-5-3-6-11-16)19-14-9-15-21-20(19)17-12-7-4-8-13-17/h2-15,18H,1H2/t18-/m1/s1. The van der Waals surface area contributed by atoms with Crippen molar-refractivity contribution in [3.8, 4) is 11.3 Å². The highest BCUT2D eigenvalue weighted by atomic mass is 14.7. The Bertz CT molecular complexity index is 717. The Balaban J connectivity index is 2.12. The number of allylic oxidation sites excluding steroid dienone is 1. The van der Waals surface area contributed by atoms with Gasteiger partial charge < -0.3 is 0 Å². The molecule has 0 amide bonds. The van der Waals surface area contributed by atoms with Crippen molar-refractivity contribution in [2.24, 2.45) is 0 Å². The van der Waals surface area contributed by atoms with Gasteiger partial charge in [0.05, 0.1) is 5.69 Å². The smallest absolute Gasteiger partial charge is 0.0743 e. The lowest BCUT2D eigenvalue weighted by atomic mass is 9.88. The number of aromatic nitrogens is 1. The van der Waals surface area contributed by atoms with Gasteiger partial charge in [0.1, 0.15) is 0 Å². The summed E-state index contributed by atoms with van der Waals surface area (Å²) in [5.41, 5.74) is 4.57. The van der Waals surface area contributed by atoms with Gasteiger partial charge in [-0.25, -0.2) is 0 Å². The van der Waals surface area contributed by atoms with Gasteiger partial charge in [-0.1, -0.05) is 72.8 Å². The molecule has 1 nitrogen and oxygen atoms in total. The molecule has 0 aliphatic rings. The van der Waals surface area contributed by atoms with Gasteiger partial charge in [0.25, 0.3) is 0 Å². The first-order chi connectivity index (χ1) is 10.4. The van der Waals surface area contributed by atoms with E-state index in [0.717, 1.165) is 11.3 Å². The zero-order valence-electron chi connectivity index (χ0n) is 11.8. The van der Waals surface area contributed by atoms with Gasteiger partial charge in [-0.15, -0.1) is 6.58 Å². The van der Waals surface area contributed by atoms with Crippen molar-refractivity contribution < 1.29 is 0 Å². The first-order valence-corrected chi connectivity index (χ1v) is 7.08. The highest BCUT2D eigenvalue weighted by Gasteiger charge is 2.15. The Morgan fingerprint density at radius 3 is 2.14 bits per heavy atom. The predicted octanol–water partition coefficient (Wildman–Crippen LogP) is 5.07. The molecule has 0 aliphatic carbocycles. The lowest BCUT2D eigenvalue weighted by molar-refractivity contribution is 1.01. The van der Waals surface area contributed by atoms with Crippen LogP contribution in [0.2, 0.25) is 0 Å². The van der Waals surface area contributed by atoms with Crippen molar-refractivity contribution in [1.82, 2.24) is 4.98 Å². The molecule has 3 rings (SSSR count). The number of pyridine rings is 1. The Labute approximate surface area is 125 Å². The maximum absolute atomic E-state index is 4.60. The van der Waals surface area contributed by atoms with Crippen LogP contribution in [0.5, 0.6) is 0 Å². The van der Waals surface area contributed by atoms with Gasteiger partial charge in [-0.3, -0.25) is 4.98 Å². The molecular weight excluding hydrogens is 254 g/mol. The second kappa shape index (κ2) is 6.19. The molecule has 0 saturated heterocycles. The molecular formula is C20H17N. The molecule has 0 saturated carbocycles. The third-order valence-corrected chi connectivity index (χ3v) is 3.62. The zero-order chi connectivity index (χ0) is 14.5. The quantitative estimate of drug-likeness (QED) is 0.604. The number of hydrogen-bond acceptors (Lipinski definition) is 1. The molecule has 0 fully saturated rings. The van der Waals surface area contributed by atoms with Crippen LogP contribution in [0.15, 0.2) is 91.6 Å². The van der Waals surface area contributed by atoms with Gasteiger partial charge >= 0.3 is 0 Å². The number of hydrogen-bond donors (Lipinski definition) is 0. The van der Waals surface area contributed by atoms with Crippen molar-refractivity contribution >= 4 is 0 Å². The van der Waals surface area contributed by atoms with Gasteiger partial charge in [0.15, 0.2) is 0 Å². The minimum absolute atomic E-state index is 0.148. The van der Waals surface area contributed by atoms with Crippen LogP contribution in [0.4, 0.5) is 0 Å². The molecule has 0 bridgehead atoms. The third kappa shape index (κ3) is 2.77. The average molecular weight is 271 g/mol. The van der Waals surface area contributed by atoms with Gasteiger partial charge in [-0.2, -0.15) is 0 Å². The maximum Gasteiger partial charge on any atom is 0.0743 e. The summed E-state index contributed by atoms with van der Waals surface area (Å²) < 4.78 is 0. The van der Waals surface area contributed by atoms with Crippen LogP contribution in [0.3, 0.4) is 0 Å². The molecule has 1 heteroatoms. The topological polar surface area (TPSA) is 12.9 Å². The highest BCUT2D eigenvalue weighted by molar-refractivity contribution is 5.65. The Hall–Kier alpha value is -2.67. The van der Waals surface area contributed by atoms with Crippen molar-refractivity contribution in [2.45, 2.75) is 5.92 Å². The molecule has 1 aromatic heterocycles. The fraction of sp³-hybridized carbons (Fsp3) is 0.0500. The van der Waals surface area contributed by atoms with Crippen LogP contribution in [0.1, 0.15) is 17.0 Å². The summed E-state index contributed by atoms with van der Waals surface area (Å²) in [5, 5.41) is 0. The first-order valence-electron chi connectivity index (χ1n) is 7.08. The van der Waals surface area contributed by atoms with E-state index >= 15 is 0 Å². The molecule has 3 aromatic rings. The molecule has 102 valence electrons. The average Bonchev–Trinajstić information content (AvgIpc) is 2.58. The highest BCUT2D eigenvalue weighted by Crippen LogP contribution is 2.32. The number of rotatable bonds is 4. The van der Waals surface area contributed by atoms with E-state index in [2.05, 4.69) is 54.0 Å². The third-order valence-electron chi connectivity index (χ3n) is 3.62. The van der Waals surface area contributed by atoms with E-state index in [1.807, 2.05) is 42.6 Å². The lowest BCUT2D eigenvalue weighted by Crippen LogP contribution is -2.01. The van der Waals surface area contributed by atoms with Crippen LogP contribution in [0.25, 0.3) is 11.3 Å². The molecule has 1 atom stereocenters. The molecule has 0 unspecified atom stereocenters. The molecule has 21 heavy (non-hydrogen) atoms. The van der Waals surface area contributed by atoms with E-state index in [-0.39, 0.29) is 5.92 Å². The molecule has 2 aromatic carbocycles. The van der Waals surface area contributed by atoms with Crippen LogP contribution >= 0.6 is 0 Å². The summed E-state index contributed by atoms with van der Waals surface area (Å²) in [6.45, 7) is 4.02. The van der Waals surface area contributed by atoms with Crippen LogP contribution in [-0.4, -0.2) is 4.98 Å². The lowest BCUT2D eigenvalue weighted by Gasteiger charge is -2.17. The van der Waals surface area contributed by atoms with E-state index in [0.29, 0.717) is 0 Å². The molecule has 0 spiro atoms. The first kappa shape index (κ1) is 13.3.